The van der Waals surface area contributed by atoms with Crippen molar-refractivity contribution in [3.63, 3.8) is 0 Å². The lowest BCUT2D eigenvalue weighted by Gasteiger charge is -2.09. The second kappa shape index (κ2) is 9.00. The fourth-order valence-corrected chi connectivity index (χ4v) is 3.12. The van der Waals surface area contributed by atoms with Crippen LogP contribution in [0.5, 0.6) is 0 Å². The maximum absolute atomic E-state index is 12.6. The molecule has 0 unspecified atom stereocenters. The van der Waals surface area contributed by atoms with Crippen LogP contribution in [-0.4, -0.2) is 18.4 Å². The first-order valence-corrected chi connectivity index (χ1v) is 9.33. The van der Waals surface area contributed by atoms with Crippen LogP contribution in [0, 0.1) is 13.8 Å². The Bertz CT molecular complexity index is 961. The number of nitrogens with one attached hydrogen (secondary N) is 2. The smallest absolute Gasteiger partial charge is 0.255 e. The first-order chi connectivity index (χ1) is 13.5. The van der Waals surface area contributed by atoms with Gasteiger partial charge in [0.2, 0.25) is 0 Å². The molecule has 4 nitrogen and oxygen atoms in total. The normalized spacial score (nSPS) is 10.4. The van der Waals surface area contributed by atoms with Gasteiger partial charge in [-0.2, -0.15) is 0 Å². The summed E-state index contributed by atoms with van der Waals surface area (Å²) >= 11 is 0. The van der Waals surface area contributed by atoms with Gasteiger partial charge in [0.05, 0.1) is 0 Å². The van der Waals surface area contributed by atoms with Gasteiger partial charge < -0.3 is 10.6 Å². The first-order valence-electron chi connectivity index (χ1n) is 9.33. The van der Waals surface area contributed by atoms with Crippen LogP contribution in [0.3, 0.4) is 0 Å². The van der Waals surface area contributed by atoms with E-state index < -0.39 is 0 Å². The van der Waals surface area contributed by atoms with Crippen LogP contribution >= 0.6 is 0 Å². The van der Waals surface area contributed by atoms with E-state index in [-0.39, 0.29) is 11.8 Å². The average Bonchev–Trinajstić information content (AvgIpc) is 2.68. The van der Waals surface area contributed by atoms with Crippen LogP contribution in [0.25, 0.3) is 0 Å². The molecule has 0 aromatic heterocycles. The zero-order valence-corrected chi connectivity index (χ0v) is 16.2. The predicted molar refractivity (Wildman–Crippen MR) is 113 cm³/mol. The molecule has 3 aromatic rings. The number of hydrogen-bond donors (Lipinski definition) is 2. The maximum Gasteiger partial charge on any atom is 0.255 e. The Kier molecular flexibility index (Phi) is 6.22. The summed E-state index contributed by atoms with van der Waals surface area (Å²) in [4.78, 5) is 25.0. The van der Waals surface area contributed by atoms with Crippen LogP contribution in [0.1, 0.15) is 37.4 Å². The average molecular weight is 372 g/mol. The van der Waals surface area contributed by atoms with E-state index in [4.69, 9.17) is 0 Å². The Balaban J connectivity index is 1.62. The van der Waals surface area contributed by atoms with Crippen LogP contribution in [-0.2, 0) is 6.42 Å². The third kappa shape index (κ3) is 5.30. The van der Waals surface area contributed by atoms with E-state index in [1.165, 1.54) is 5.56 Å². The van der Waals surface area contributed by atoms with Crippen LogP contribution in [0.4, 0.5) is 5.69 Å². The summed E-state index contributed by atoms with van der Waals surface area (Å²) in [5, 5.41) is 5.81. The van der Waals surface area contributed by atoms with Crippen molar-refractivity contribution in [3.05, 3.63) is 101 Å². The van der Waals surface area contributed by atoms with Gasteiger partial charge in [-0.3, -0.25) is 9.59 Å². The van der Waals surface area contributed by atoms with Crippen molar-refractivity contribution in [2.24, 2.45) is 0 Å². The maximum atomic E-state index is 12.6. The van der Waals surface area contributed by atoms with Crippen molar-refractivity contribution in [2.75, 3.05) is 11.9 Å². The van der Waals surface area contributed by atoms with E-state index in [9.17, 15) is 9.59 Å². The van der Waals surface area contributed by atoms with Crippen molar-refractivity contribution in [1.82, 2.24) is 5.32 Å². The molecule has 142 valence electrons. The molecule has 0 spiro atoms. The highest BCUT2D eigenvalue weighted by Crippen LogP contribution is 2.15. The molecule has 4 heteroatoms. The predicted octanol–water partition coefficient (Wildman–Crippen LogP) is 4.53. The standard InChI is InChI=1S/C24H24N2O2/c1-17-13-18(2)15-22(14-17)26-24(28)21-10-6-9-20(16-21)23(27)25-12-11-19-7-4-3-5-8-19/h3-10,13-16H,11-12H2,1-2H3,(H,25,27)(H,26,28). The molecule has 0 radical (unpaired) electrons. The summed E-state index contributed by atoms with van der Waals surface area (Å²) in [6.07, 6.45) is 0.763. The zero-order valence-electron chi connectivity index (χ0n) is 16.2. The largest absolute Gasteiger partial charge is 0.352 e. The molecule has 3 aromatic carbocycles. The lowest BCUT2D eigenvalue weighted by molar-refractivity contribution is 0.0954. The summed E-state index contributed by atoms with van der Waals surface area (Å²) in [6.45, 7) is 4.52. The van der Waals surface area contributed by atoms with Crippen molar-refractivity contribution in [3.8, 4) is 0 Å². The highest BCUT2D eigenvalue weighted by molar-refractivity contribution is 6.06. The van der Waals surface area contributed by atoms with Gasteiger partial charge in [0.15, 0.2) is 0 Å². The molecule has 3 rings (SSSR count). The van der Waals surface area contributed by atoms with Gasteiger partial charge in [0.1, 0.15) is 0 Å². The lowest BCUT2D eigenvalue weighted by Crippen LogP contribution is -2.26. The van der Waals surface area contributed by atoms with Gasteiger partial charge >= 0.3 is 0 Å². The van der Waals surface area contributed by atoms with Crippen LogP contribution in [0.2, 0.25) is 0 Å². The summed E-state index contributed by atoms with van der Waals surface area (Å²) in [5.41, 5.74) is 5.02. The van der Waals surface area contributed by atoms with Gasteiger partial charge in [-0.05, 0) is 67.3 Å². The summed E-state index contributed by atoms with van der Waals surface area (Å²) in [5.74, 6) is -0.416. The Morgan fingerprint density at radius 3 is 2.07 bits per heavy atom. The minimum Gasteiger partial charge on any atom is -0.352 e. The number of rotatable bonds is 6. The number of carbonyl (C=O) groups excluding carboxylic acids is 2. The molecule has 0 heterocycles. The molecular formula is C24H24N2O2. The fourth-order valence-electron chi connectivity index (χ4n) is 3.12. The molecule has 0 saturated heterocycles. The van der Waals surface area contributed by atoms with Gasteiger partial charge in [-0.15, -0.1) is 0 Å². The zero-order chi connectivity index (χ0) is 19.9. The summed E-state index contributed by atoms with van der Waals surface area (Å²) < 4.78 is 0. The molecule has 0 aliphatic heterocycles. The summed E-state index contributed by atoms with van der Waals surface area (Å²) in [6, 6.07) is 22.7. The monoisotopic (exact) mass is 372 g/mol. The SMILES string of the molecule is Cc1cc(C)cc(NC(=O)c2cccc(C(=O)NCCc3ccccc3)c2)c1. The van der Waals surface area contributed by atoms with Gasteiger partial charge in [-0.25, -0.2) is 0 Å². The van der Waals surface area contributed by atoms with Gasteiger partial charge in [-0.1, -0.05) is 42.5 Å². The highest BCUT2D eigenvalue weighted by atomic mass is 16.2. The Morgan fingerprint density at radius 1 is 0.750 bits per heavy atom. The topological polar surface area (TPSA) is 58.2 Å². The molecule has 0 fully saturated rings. The quantitative estimate of drug-likeness (QED) is 0.668. The number of aryl methyl sites for hydroxylation is 2. The third-order valence-corrected chi connectivity index (χ3v) is 4.41. The van der Waals surface area contributed by atoms with Crippen molar-refractivity contribution < 1.29 is 9.59 Å². The second-order valence-electron chi connectivity index (χ2n) is 6.90. The molecule has 2 amide bonds. The number of hydrogen-bond acceptors (Lipinski definition) is 2. The van der Waals surface area contributed by atoms with E-state index in [0.29, 0.717) is 17.7 Å². The van der Waals surface area contributed by atoms with Crippen molar-refractivity contribution >= 4 is 17.5 Å². The minimum absolute atomic E-state index is 0.183. The first kappa shape index (κ1) is 19.4. The molecule has 0 aliphatic carbocycles. The van der Waals surface area contributed by atoms with Crippen LogP contribution in [0.15, 0.2) is 72.8 Å². The number of amides is 2. The molecule has 0 atom stereocenters. The second-order valence-corrected chi connectivity index (χ2v) is 6.90. The Morgan fingerprint density at radius 2 is 1.39 bits per heavy atom. The Labute approximate surface area is 165 Å². The molecule has 28 heavy (non-hydrogen) atoms. The van der Waals surface area contributed by atoms with Crippen molar-refractivity contribution in [1.29, 1.82) is 0 Å². The molecule has 0 aliphatic rings. The fraction of sp³-hybridized carbons (Fsp3) is 0.167. The Hall–Kier alpha value is -3.40. The van der Waals surface area contributed by atoms with Crippen LogP contribution < -0.4 is 10.6 Å². The van der Waals surface area contributed by atoms with E-state index in [1.807, 2.05) is 56.3 Å². The highest BCUT2D eigenvalue weighted by Gasteiger charge is 2.11. The number of benzene rings is 3. The number of carbonyl (C=O) groups is 2. The molecule has 0 bridgehead atoms. The van der Waals surface area contributed by atoms with E-state index >= 15 is 0 Å². The van der Waals surface area contributed by atoms with Crippen molar-refractivity contribution in [2.45, 2.75) is 20.3 Å². The molecule has 2 N–H and O–H groups in total. The molecular weight excluding hydrogens is 348 g/mol. The lowest BCUT2D eigenvalue weighted by atomic mass is 10.1. The van der Waals surface area contributed by atoms with E-state index in [0.717, 1.165) is 23.2 Å². The summed E-state index contributed by atoms with van der Waals surface area (Å²) in [7, 11) is 0. The molecule has 0 saturated carbocycles. The van der Waals surface area contributed by atoms with Gasteiger partial charge in [0, 0.05) is 23.4 Å². The number of anilines is 1. The van der Waals surface area contributed by atoms with Gasteiger partial charge in [0.25, 0.3) is 11.8 Å². The van der Waals surface area contributed by atoms with E-state index in [2.05, 4.69) is 16.7 Å². The minimum atomic E-state index is -0.232. The van der Waals surface area contributed by atoms with E-state index in [1.54, 1.807) is 24.3 Å². The third-order valence-electron chi connectivity index (χ3n) is 4.41.